The van der Waals surface area contributed by atoms with Gasteiger partial charge in [0.05, 0.1) is 12.7 Å². The molecule has 1 unspecified atom stereocenters. The number of nitrogens with zero attached hydrogens (tertiary/aromatic N) is 5. The fraction of sp³-hybridized carbons (Fsp3) is 0.464. The van der Waals surface area contributed by atoms with E-state index in [1.54, 1.807) is 23.1 Å². The highest BCUT2D eigenvalue weighted by Crippen LogP contribution is 2.32. The molecule has 0 radical (unpaired) electrons. The van der Waals surface area contributed by atoms with Crippen molar-refractivity contribution in [3.8, 4) is 0 Å². The molecular weight excluding hydrogens is 546 g/mol. The van der Waals surface area contributed by atoms with Crippen LogP contribution in [0.2, 0.25) is 0 Å². The lowest BCUT2D eigenvalue weighted by molar-refractivity contribution is -0.141. The van der Waals surface area contributed by atoms with Crippen molar-refractivity contribution in [3.63, 3.8) is 0 Å². The maximum Gasteiger partial charge on any atom is 0.410 e. The lowest BCUT2D eigenvalue weighted by atomic mass is 10.1. The van der Waals surface area contributed by atoms with Gasteiger partial charge < -0.3 is 35.2 Å². The summed E-state index contributed by atoms with van der Waals surface area (Å²) in [5.74, 6) is -1.73. The van der Waals surface area contributed by atoms with Gasteiger partial charge in [-0.15, -0.1) is 0 Å². The predicted octanol–water partition coefficient (Wildman–Crippen LogP) is 1.55. The number of methoxy groups -OCH3 is 1. The molecule has 0 aliphatic carbocycles. The van der Waals surface area contributed by atoms with Gasteiger partial charge in [0.25, 0.3) is 11.8 Å². The Kier molecular flexibility index (Phi) is 8.93. The second-order valence-electron chi connectivity index (χ2n) is 11.0. The highest BCUT2D eigenvalue weighted by atomic mass is 16.6. The summed E-state index contributed by atoms with van der Waals surface area (Å²) in [7, 11) is 1.24. The molecule has 14 heteroatoms. The van der Waals surface area contributed by atoms with Crippen LogP contribution in [0.3, 0.4) is 0 Å². The number of rotatable bonds is 8. The molecular formula is C28H35N7O7. The largest absolute Gasteiger partial charge is 0.469 e. The summed E-state index contributed by atoms with van der Waals surface area (Å²) in [4.78, 5) is 75.8. The molecule has 2 aliphatic rings. The normalized spacial score (nSPS) is 15.6. The molecule has 3 heterocycles. The molecule has 3 N–H and O–H groups in total. The first-order valence-electron chi connectivity index (χ1n) is 13.5. The van der Waals surface area contributed by atoms with E-state index in [1.807, 2.05) is 25.7 Å². The summed E-state index contributed by atoms with van der Waals surface area (Å²) < 4.78 is 10.1. The third kappa shape index (κ3) is 6.93. The lowest BCUT2D eigenvalue weighted by Crippen LogP contribution is -2.50. The number of fused-ring (bicyclic) bond motifs is 1. The quantitative estimate of drug-likeness (QED) is 0.435. The number of hydrogen-bond donors (Lipinski definition) is 2. The number of esters is 1. The molecule has 1 atom stereocenters. The molecule has 2 aromatic rings. The maximum absolute atomic E-state index is 13.1. The van der Waals surface area contributed by atoms with Crippen molar-refractivity contribution >= 4 is 41.4 Å². The number of primary amides is 1. The Balaban J connectivity index is 1.39. The number of piperazine rings is 1. The molecule has 14 nitrogen and oxygen atoms in total. The van der Waals surface area contributed by atoms with Crippen molar-refractivity contribution in [1.82, 2.24) is 19.8 Å². The lowest BCUT2D eigenvalue weighted by Gasteiger charge is -2.35. The fourth-order valence-corrected chi connectivity index (χ4v) is 4.74. The summed E-state index contributed by atoms with van der Waals surface area (Å²) >= 11 is 0. The molecule has 42 heavy (non-hydrogen) atoms. The van der Waals surface area contributed by atoms with Crippen molar-refractivity contribution in [3.05, 3.63) is 47.3 Å². The summed E-state index contributed by atoms with van der Waals surface area (Å²) in [5.41, 5.74) is 6.44. The van der Waals surface area contributed by atoms with Crippen LogP contribution in [-0.4, -0.2) is 94.5 Å². The third-order valence-corrected chi connectivity index (χ3v) is 6.91. The number of carbonyl (C=O) groups excluding carboxylic acids is 5. The minimum Gasteiger partial charge on any atom is -0.469 e. The van der Waals surface area contributed by atoms with Crippen molar-refractivity contribution < 1.29 is 33.4 Å². The van der Waals surface area contributed by atoms with E-state index in [-0.39, 0.29) is 31.0 Å². The van der Waals surface area contributed by atoms with E-state index in [0.717, 1.165) is 0 Å². The summed E-state index contributed by atoms with van der Waals surface area (Å²) in [6.07, 6.45) is 2.40. The van der Waals surface area contributed by atoms with Gasteiger partial charge in [0.15, 0.2) is 0 Å². The van der Waals surface area contributed by atoms with Crippen LogP contribution in [0.5, 0.6) is 0 Å². The van der Waals surface area contributed by atoms with Gasteiger partial charge in [-0.2, -0.15) is 0 Å². The first-order chi connectivity index (χ1) is 19.9. The number of hydrogen-bond acceptors (Lipinski definition) is 10. The van der Waals surface area contributed by atoms with Crippen LogP contribution in [0.15, 0.2) is 30.6 Å². The van der Waals surface area contributed by atoms with Crippen molar-refractivity contribution in [1.29, 1.82) is 0 Å². The van der Waals surface area contributed by atoms with Crippen molar-refractivity contribution in [2.24, 2.45) is 5.73 Å². The van der Waals surface area contributed by atoms with Crippen molar-refractivity contribution in [2.45, 2.75) is 51.8 Å². The number of ether oxygens (including phenoxy) is 2. The van der Waals surface area contributed by atoms with Crippen LogP contribution in [-0.2, 0) is 25.6 Å². The molecule has 1 fully saturated rings. The van der Waals surface area contributed by atoms with E-state index in [4.69, 9.17) is 10.5 Å². The smallest absolute Gasteiger partial charge is 0.410 e. The van der Waals surface area contributed by atoms with Crippen LogP contribution in [0.25, 0.3) is 0 Å². The Morgan fingerprint density at radius 3 is 2.33 bits per heavy atom. The highest BCUT2D eigenvalue weighted by Gasteiger charge is 2.37. The van der Waals surface area contributed by atoms with Gasteiger partial charge in [0.2, 0.25) is 11.9 Å². The Morgan fingerprint density at radius 2 is 1.74 bits per heavy atom. The van der Waals surface area contributed by atoms with Gasteiger partial charge in [-0.1, -0.05) is 6.07 Å². The standard InChI is InChI=1S/C28H35N7O7/c1-28(2,3)42-27(40)34-12-10-33(11-13-34)26-30-14-17(15-31-26)24(38)32-20-7-5-6-18-19(20)16-35(25(18)39)21(23(29)37)8-9-22(36)41-4/h5-7,14-15,21H,8-13,16H2,1-4H3,(H2,29,37)(H,32,38). The van der Waals surface area contributed by atoms with Gasteiger partial charge in [-0.3, -0.25) is 19.2 Å². The summed E-state index contributed by atoms with van der Waals surface area (Å²) in [6.45, 7) is 7.42. The minimum absolute atomic E-state index is 0.0170. The zero-order valence-electron chi connectivity index (χ0n) is 24.1. The SMILES string of the molecule is COC(=O)CCC(C(N)=O)N1Cc2c(NC(=O)c3cnc(N4CCN(C(=O)OC(C)(C)C)CC4)nc3)cccc2C1=O. The van der Waals surface area contributed by atoms with Gasteiger partial charge in [-0.05, 0) is 39.3 Å². The molecule has 1 aromatic heterocycles. The zero-order chi connectivity index (χ0) is 30.6. The van der Waals surface area contributed by atoms with Crippen LogP contribution < -0.4 is 16.0 Å². The third-order valence-electron chi connectivity index (χ3n) is 6.91. The first-order valence-corrected chi connectivity index (χ1v) is 13.5. The number of nitrogens with one attached hydrogen (secondary N) is 1. The molecule has 0 saturated carbocycles. The van der Waals surface area contributed by atoms with Crippen LogP contribution in [0.4, 0.5) is 16.4 Å². The maximum atomic E-state index is 13.1. The number of aromatic nitrogens is 2. The van der Waals surface area contributed by atoms with Gasteiger partial charge in [0.1, 0.15) is 11.6 Å². The Morgan fingerprint density at radius 1 is 1.07 bits per heavy atom. The molecule has 0 bridgehead atoms. The van der Waals surface area contributed by atoms with Crippen LogP contribution in [0, 0.1) is 0 Å². The monoisotopic (exact) mass is 581 g/mol. The number of anilines is 2. The Labute approximate surface area is 243 Å². The fourth-order valence-electron chi connectivity index (χ4n) is 4.74. The second kappa shape index (κ2) is 12.4. The highest BCUT2D eigenvalue weighted by molar-refractivity contribution is 6.07. The average Bonchev–Trinajstić information content (AvgIpc) is 3.29. The van der Waals surface area contributed by atoms with E-state index in [0.29, 0.717) is 48.9 Å². The molecule has 1 aromatic carbocycles. The Bertz CT molecular complexity index is 1370. The number of nitrogens with two attached hydrogens (primary N) is 1. The molecule has 0 spiro atoms. The van der Waals surface area contributed by atoms with E-state index < -0.39 is 35.3 Å². The van der Waals surface area contributed by atoms with E-state index >= 15 is 0 Å². The first kappa shape index (κ1) is 30.2. The molecule has 224 valence electrons. The van der Waals surface area contributed by atoms with Crippen molar-refractivity contribution in [2.75, 3.05) is 43.5 Å². The molecule has 4 rings (SSSR count). The molecule has 1 saturated heterocycles. The predicted molar refractivity (Wildman–Crippen MR) is 151 cm³/mol. The molecule has 4 amide bonds. The van der Waals surface area contributed by atoms with Gasteiger partial charge in [0, 0.05) is 68.4 Å². The zero-order valence-corrected chi connectivity index (χ0v) is 24.1. The van der Waals surface area contributed by atoms with Gasteiger partial charge >= 0.3 is 12.1 Å². The van der Waals surface area contributed by atoms with Gasteiger partial charge in [-0.25, -0.2) is 14.8 Å². The van der Waals surface area contributed by atoms with E-state index in [1.165, 1.54) is 24.4 Å². The number of benzene rings is 1. The topological polar surface area (TPSA) is 177 Å². The summed E-state index contributed by atoms with van der Waals surface area (Å²) in [5, 5.41) is 2.80. The van der Waals surface area contributed by atoms with Crippen LogP contribution in [0.1, 0.15) is 59.9 Å². The van der Waals surface area contributed by atoms with E-state index in [2.05, 4.69) is 20.0 Å². The number of amides is 4. The Hall–Kier alpha value is -4.75. The van der Waals surface area contributed by atoms with E-state index in [9.17, 15) is 24.0 Å². The minimum atomic E-state index is -1.01. The van der Waals surface area contributed by atoms with Crippen LogP contribution >= 0.6 is 0 Å². The molecule has 2 aliphatic heterocycles. The second-order valence-corrected chi connectivity index (χ2v) is 11.0. The number of carbonyl (C=O) groups is 5. The summed E-state index contributed by atoms with van der Waals surface area (Å²) in [6, 6.07) is 3.87. The average molecular weight is 582 g/mol.